The van der Waals surface area contributed by atoms with E-state index in [2.05, 4.69) is 15.3 Å². The first-order valence-electron chi connectivity index (χ1n) is 5.89. The molecule has 0 aliphatic heterocycles. The van der Waals surface area contributed by atoms with E-state index in [9.17, 15) is 4.79 Å². The molecule has 0 saturated carbocycles. The molecule has 0 bridgehead atoms. The number of aromatic nitrogens is 3. The lowest BCUT2D eigenvalue weighted by atomic mass is 10.3. The van der Waals surface area contributed by atoms with Gasteiger partial charge < -0.3 is 9.72 Å². The third kappa shape index (κ3) is 2.30. The second-order valence-corrected chi connectivity index (χ2v) is 4.29. The summed E-state index contributed by atoms with van der Waals surface area (Å²) in [5.74, 6) is -0.229. The zero-order chi connectivity index (χ0) is 13.2. The summed E-state index contributed by atoms with van der Waals surface area (Å²) in [6, 6.07) is 7.37. The summed E-state index contributed by atoms with van der Waals surface area (Å²) in [5.41, 5.74) is 2.97. The molecule has 0 aromatic carbocycles. The fourth-order valence-electron chi connectivity index (χ4n) is 1.82. The SMILES string of the molecule is Cc1ccn2cc(C(=O)Nc3ccncc3)nc2c1. The van der Waals surface area contributed by atoms with E-state index in [0.29, 0.717) is 11.4 Å². The van der Waals surface area contributed by atoms with Crippen LogP contribution in [0.25, 0.3) is 5.65 Å². The Morgan fingerprint density at radius 2 is 2.05 bits per heavy atom. The number of hydrogen-bond donors (Lipinski definition) is 1. The molecule has 3 rings (SSSR count). The maximum atomic E-state index is 12.1. The quantitative estimate of drug-likeness (QED) is 0.761. The van der Waals surface area contributed by atoms with E-state index < -0.39 is 0 Å². The minimum atomic E-state index is -0.229. The molecule has 1 N–H and O–H groups in total. The van der Waals surface area contributed by atoms with Gasteiger partial charge in [0, 0.05) is 30.5 Å². The molecule has 1 amide bonds. The van der Waals surface area contributed by atoms with E-state index in [1.165, 1.54) is 0 Å². The number of carbonyl (C=O) groups is 1. The summed E-state index contributed by atoms with van der Waals surface area (Å²) in [6.45, 7) is 1.99. The van der Waals surface area contributed by atoms with Gasteiger partial charge in [0.2, 0.25) is 0 Å². The summed E-state index contributed by atoms with van der Waals surface area (Å²) in [4.78, 5) is 20.3. The number of imidazole rings is 1. The predicted octanol–water partition coefficient (Wildman–Crippen LogP) is 2.29. The lowest BCUT2D eigenvalue weighted by Crippen LogP contribution is -2.12. The molecular formula is C14H12N4O. The number of nitrogens with one attached hydrogen (secondary N) is 1. The first kappa shape index (κ1) is 11.4. The van der Waals surface area contributed by atoms with Gasteiger partial charge in [-0.1, -0.05) is 0 Å². The van der Waals surface area contributed by atoms with Gasteiger partial charge in [-0.05, 0) is 36.8 Å². The Labute approximate surface area is 109 Å². The fraction of sp³-hybridized carbons (Fsp3) is 0.0714. The van der Waals surface area contributed by atoms with Crippen molar-refractivity contribution >= 4 is 17.2 Å². The Hall–Kier alpha value is -2.69. The molecule has 3 aromatic heterocycles. The average molecular weight is 252 g/mol. The number of amides is 1. The van der Waals surface area contributed by atoms with Crippen LogP contribution in [0, 0.1) is 6.92 Å². The van der Waals surface area contributed by atoms with Gasteiger partial charge in [-0.2, -0.15) is 0 Å². The molecule has 5 heteroatoms. The molecular weight excluding hydrogens is 240 g/mol. The third-order valence-corrected chi connectivity index (χ3v) is 2.79. The molecule has 19 heavy (non-hydrogen) atoms. The fourth-order valence-corrected chi connectivity index (χ4v) is 1.82. The molecule has 0 atom stereocenters. The molecule has 0 spiro atoms. The van der Waals surface area contributed by atoms with Crippen LogP contribution in [0.15, 0.2) is 49.1 Å². The van der Waals surface area contributed by atoms with Crippen LogP contribution in [-0.2, 0) is 0 Å². The second kappa shape index (κ2) is 4.53. The molecule has 0 saturated heterocycles. The zero-order valence-corrected chi connectivity index (χ0v) is 10.4. The highest BCUT2D eigenvalue weighted by Crippen LogP contribution is 2.10. The highest BCUT2D eigenvalue weighted by Gasteiger charge is 2.10. The molecule has 94 valence electrons. The standard InChI is InChI=1S/C14H12N4O/c1-10-4-7-18-9-12(17-13(18)8-10)14(19)16-11-2-5-15-6-3-11/h2-9H,1H3,(H,15,16,19). The Balaban J connectivity index is 1.89. The number of hydrogen-bond acceptors (Lipinski definition) is 3. The molecule has 0 radical (unpaired) electrons. The van der Waals surface area contributed by atoms with Crippen LogP contribution in [0.2, 0.25) is 0 Å². The Morgan fingerprint density at radius 1 is 1.26 bits per heavy atom. The minimum absolute atomic E-state index is 0.229. The van der Waals surface area contributed by atoms with Gasteiger partial charge in [0.05, 0.1) is 0 Å². The maximum Gasteiger partial charge on any atom is 0.275 e. The third-order valence-electron chi connectivity index (χ3n) is 2.79. The number of carbonyl (C=O) groups excluding carboxylic acids is 1. The summed E-state index contributed by atoms with van der Waals surface area (Å²) in [5, 5.41) is 2.78. The number of anilines is 1. The lowest BCUT2D eigenvalue weighted by molar-refractivity contribution is 0.102. The van der Waals surface area contributed by atoms with E-state index in [-0.39, 0.29) is 5.91 Å². The summed E-state index contributed by atoms with van der Waals surface area (Å²) in [6.07, 6.45) is 6.86. The first-order chi connectivity index (χ1) is 9.22. The molecule has 0 unspecified atom stereocenters. The van der Waals surface area contributed by atoms with Crippen molar-refractivity contribution in [2.75, 3.05) is 5.32 Å². The van der Waals surface area contributed by atoms with E-state index in [1.54, 1.807) is 30.7 Å². The maximum absolute atomic E-state index is 12.1. The largest absolute Gasteiger partial charge is 0.320 e. The minimum Gasteiger partial charge on any atom is -0.320 e. The van der Waals surface area contributed by atoms with Crippen molar-refractivity contribution in [2.24, 2.45) is 0 Å². The van der Waals surface area contributed by atoms with E-state index in [1.807, 2.05) is 29.7 Å². The molecule has 3 aromatic rings. The predicted molar refractivity (Wildman–Crippen MR) is 72.1 cm³/mol. The summed E-state index contributed by atoms with van der Waals surface area (Å²) < 4.78 is 1.83. The molecule has 3 heterocycles. The number of fused-ring (bicyclic) bond motifs is 1. The molecule has 0 aliphatic rings. The topological polar surface area (TPSA) is 59.3 Å². The van der Waals surface area contributed by atoms with Gasteiger partial charge in [0.25, 0.3) is 5.91 Å². The van der Waals surface area contributed by atoms with E-state index in [0.717, 1.165) is 11.2 Å². The number of rotatable bonds is 2. The van der Waals surface area contributed by atoms with Gasteiger partial charge >= 0.3 is 0 Å². The van der Waals surface area contributed by atoms with Crippen molar-refractivity contribution in [3.8, 4) is 0 Å². The highest BCUT2D eigenvalue weighted by atomic mass is 16.1. The first-order valence-corrected chi connectivity index (χ1v) is 5.89. The van der Waals surface area contributed by atoms with Crippen LogP contribution in [0.5, 0.6) is 0 Å². The van der Waals surface area contributed by atoms with Crippen LogP contribution in [-0.4, -0.2) is 20.3 Å². The van der Waals surface area contributed by atoms with Crippen LogP contribution < -0.4 is 5.32 Å². The van der Waals surface area contributed by atoms with Crippen molar-refractivity contribution < 1.29 is 4.79 Å². The van der Waals surface area contributed by atoms with Crippen molar-refractivity contribution in [3.63, 3.8) is 0 Å². The summed E-state index contributed by atoms with van der Waals surface area (Å²) >= 11 is 0. The Kier molecular flexibility index (Phi) is 2.72. The summed E-state index contributed by atoms with van der Waals surface area (Å²) in [7, 11) is 0. The number of aryl methyl sites for hydroxylation is 1. The number of pyridine rings is 2. The molecule has 0 fully saturated rings. The van der Waals surface area contributed by atoms with Gasteiger partial charge in [-0.3, -0.25) is 9.78 Å². The van der Waals surface area contributed by atoms with Crippen LogP contribution in [0.1, 0.15) is 16.1 Å². The van der Waals surface area contributed by atoms with Gasteiger partial charge in [-0.25, -0.2) is 4.98 Å². The highest BCUT2D eigenvalue weighted by molar-refractivity contribution is 6.03. The molecule has 5 nitrogen and oxygen atoms in total. The number of nitrogens with zero attached hydrogens (tertiary/aromatic N) is 3. The van der Waals surface area contributed by atoms with Crippen molar-refractivity contribution in [1.29, 1.82) is 0 Å². The zero-order valence-electron chi connectivity index (χ0n) is 10.4. The van der Waals surface area contributed by atoms with Crippen molar-refractivity contribution in [3.05, 3.63) is 60.3 Å². The monoisotopic (exact) mass is 252 g/mol. The smallest absolute Gasteiger partial charge is 0.275 e. The normalized spacial score (nSPS) is 10.6. The van der Waals surface area contributed by atoms with Gasteiger partial charge in [-0.15, -0.1) is 0 Å². The van der Waals surface area contributed by atoms with E-state index in [4.69, 9.17) is 0 Å². The lowest BCUT2D eigenvalue weighted by Gasteiger charge is -2.00. The van der Waals surface area contributed by atoms with Crippen molar-refractivity contribution in [1.82, 2.24) is 14.4 Å². The van der Waals surface area contributed by atoms with Crippen LogP contribution in [0.3, 0.4) is 0 Å². The van der Waals surface area contributed by atoms with E-state index >= 15 is 0 Å². The van der Waals surface area contributed by atoms with Gasteiger partial charge in [0.15, 0.2) is 0 Å². The van der Waals surface area contributed by atoms with Crippen LogP contribution in [0.4, 0.5) is 5.69 Å². The second-order valence-electron chi connectivity index (χ2n) is 4.29. The average Bonchev–Trinajstić information content (AvgIpc) is 2.83. The Morgan fingerprint density at radius 3 is 2.84 bits per heavy atom. The van der Waals surface area contributed by atoms with Crippen molar-refractivity contribution in [2.45, 2.75) is 6.92 Å². The Bertz CT molecular complexity index is 734. The van der Waals surface area contributed by atoms with Crippen LogP contribution >= 0.6 is 0 Å². The molecule has 0 aliphatic carbocycles. The van der Waals surface area contributed by atoms with Gasteiger partial charge in [0.1, 0.15) is 11.3 Å².